The van der Waals surface area contributed by atoms with E-state index in [9.17, 15) is 4.79 Å². The number of pyridine rings is 1. The summed E-state index contributed by atoms with van der Waals surface area (Å²) in [7, 11) is 0. The molecule has 5 rings (SSSR count). The minimum absolute atomic E-state index is 0.0354. The first-order valence-electron chi connectivity index (χ1n) is 10.2. The fourth-order valence-electron chi connectivity index (χ4n) is 6.75. The molecular formula is C25H27NO. The molecule has 2 saturated carbocycles. The number of carbonyl (C=O) groups excluding carboxylic acids is 1. The number of aromatic nitrogens is 1. The van der Waals surface area contributed by atoms with Crippen LogP contribution in [-0.4, -0.2) is 10.8 Å². The van der Waals surface area contributed by atoms with Crippen LogP contribution in [0.2, 0.25) is 0 Å². The van der Waals surface area contributed by atoms with Crippen molar-refractivity contribution in [2.24, 2.45) is 28.6 Å². The summed E-state index contributed by atoms with van der Waals surface area (Å²) in [5.74, 6) is 1.98. The maximum absolute atomic E-state index is 12.0. The largest absolute Gasteiger partial charge is 0.290 e. The van der Waals surface area contributed by atoms with Crippen molar-refractivity contribution < 1.29 is 4.79 Å². The Morgan fingerprint density at radius 2 is 2.07 bits per heavy atom. The second kappa shape index (κ2) is 5.64. The minimum atomic E-state index is -0.0354. The van der Waals surface area contributed by atoms with Crippen molar-refractivity contribution in [1.29, 1.82) is 0 Å². The average Bonchev–Trinajstić information content (AvgIpc) is 3.01. The standard InChI is InChI=1S/C25H27NO/c1-16-13-19-21-7-6-20(17-5-4-12-26-15-17)24(21,2)11-9-22(19)25(3)10-8-18(27)14-23(16)25/h4-6,8,10,12,14-15,19,21-22H,1,7,9,11,13H2,2-3H3/t19?,21?,22?,24-,25-/m1/s1. The zero-order chi connectivity index (χ0) is 18.8. The van der Waals surface area contributed by atoms with Crippen molar-refractivity contribution in [3.05, 3.63) is 72.1 Å². The van der Waals surface area contributed by atoms with Gasteiger partial charge in [0.2, 0.25) is 0 Å². The van der Waals surface area contributed by atoms with Gasteiger partial charge in [-0.3, -0.25) is 9.78 Å². The Morgan fingerprint density at radius 1 is 1.22 bits per heavy atom. The van der Waals surface area contributed by atoms with E-state index >= 15 is 0 Å². The van der Waals surface area contributed by atoms with Crippen LogP contribution in [0.5, 0.6) is 0 Å². The Kier molecular flexibility index (Phi) is 3.53. The van der Waals surface area contributed by atoms with Gasteiger partial charge in [0, 0.05) is 17.8 Å². The molecule has 3 unspecified atom stereocenters. The van der Waals surface area contributed by atoms with E-state index in [1.165, 1.54) is 35.1 Å². The van der Waals surface area contributed by atoms with Crippen LogP contribution in [0, 0.1) is 28.6 Å². The van der Waals surface area contributed by atoms with Crippen LogP contribution in [0.25, 0.3) is 5.57 Å². The minimum Gasteiger partial charge on any atom is -0.290 e. The molecule has 2 fully saturated rings. The molecule has 1 heterocycles. The number of nitrogens with zero attached hydrogens (tertiary/aromatic N) is 1. The molecule has 0 aromatic carbocycles. The molecule has 1 aromatic heterocycles. The van der Waals surface area contributed by atoms with Crippen LogP contribution in [0.4, 0.5) is 0 Å². The van der Waals surface area contributed by atoms with Gasteiger partial charge in [0.15, 0.2) is 5.78 Å². The van der Waals surface area contributed by atoms with Gasteiger partial charge >= 0.3 is 0 Å². The number of hydrogen-bond acceptors (Lipinski definition) is 2. The lowest BCUT2D eigenvalue weighted by Crippen LogP contribution is -2.49. The molecule has 27 heavy (non-hydrogen) atoms. The SMILES string of the molecule is C=C1CC2C(CC[C@]3(C)C(c4cccnc4)=CCC23)[C@@]2(C)C=CC(=O)C=C12. The molecule has 0 spiro atoms. The lowest BCUT2D eigenvalue weighted by atomic mass is 9.47. The predicted molar refractivity (Wildman–Crippen MR) is 109 cm³/mol. The summed E-state index contributed by atoms with van der Waals surface area (Å²) in [5.41, 5.74) is 5.33. The molecule has 0 bridgehead atoms. The van der Waals surface area contributed by atoms with Gasteiger partial charge in [-0.05, 0) is 83.8 Å². The molecule has 4 aliphatic carbocycles. The van der Waals surface area contributed by atoms with Crippen LogP contribution in [-0.2, 0) is 4.79 Å². The van der Waals surface area contributed by atoms with Gasteiger partial charge in [0.25, 0.3) is 0 Å². The van der Waals surface area contributed by atoms with Crippen molar-refractivity contribution in [2.45, 2.75) is 39.5 Å². The highest BCUT2D eigenvalue weighted by molar-refractivity contribution is 6.01. The summed E-state index contributed by atoms with van der Waals surface area (Å²) in [5, 5.41) is 0. The molecule has 0 saturated heterocycles. The van der Waals surface area contributed by atoms with Crippen LogP contribution in [0.1, 0.15) is 45.1 Å². The predicted octanol–water partition coefficient (Wildman–Crippen LogP) is 5.55. The van der Waals surface area contributed by atoms with Gasteiger partial charge in [-0.1, -0.05) is 44.2 Å². The molecule has 5 atom stereocenters. The second-order valence-electron chi connectivity index (χ2n) is 9.31. The Balaban J connectivity index is 1.53. The molecule has 4 aliphatic rings. The number of rotatable bonds is 1. The number of carbonyl (C=O) groups is 1. The van der Waals surface area contributed by atoms with E-state index in [0.717, 1.165) is 12.8 Å². The molecule has 2 nitrogen and oxygen atoms in total. The van der Waals surface area contributed by atoms with Crippen molar-refractivity contribution >= 4 is 11.4 Å². The van der Waals surface area contributed by atoms with E-state index in [-0.39, 0.29) is 16.6 Å². The van der Waals surface area contributed by atoms with Gasteiger partial charge in [0.05, 0.1) is 0 Å². The van der Waals surface area contributed by atoms with Crippen molar-refractivity contribution in [3.63, 3.8) is 0 Å². The summed E-state index contributed by atoms with van der Waals surface area (Å²) in [6.07, 6.45) is 16.7. The van der Waals surface area contributed by atoms with Gasteiger partial charge in [-0.25, -0.2) is 0 Å². The number of fused-ring (bicyclic) bond motifs is 5. The average molecular weight is 357 g/mol. The first-order chi connectivity index (χ1) is 12.9. The summed E-state index contributed by atoms with van der Waals surface area (Å²) >= 11 is 0. The zero-order valence-electron chi connectivity index (χ0n) is 16.2. The Bertz CT molecular complexity index is 921. The molecular weight excluding hydrogens is 330 g/mol. The van der Waals surface area contributed by atoms with Crippen LogP contribution in [0.15, 0.2) is 66.6 Å². The summed E-state index contributed by atoms with van der Waals surface area (Å²) in [6.45, 7) is 9.20. The van der Waals surface area contributed by atoms with E-state index in [0.29, 0.717) is 17.8 Å². The first-order valence-corrected chi connectivity index (χ1v) is 10.2. The third kappa shape index (κ3) is 2.25. The van der Waals surface area contributed by atoms with E-state index < -0.39 is 0 Å². The maximum atomic E-state index is 12.0. The quantitative estimate of drug-likeness (QED) is 0.659. The van der Waals surface area contributed by atoms with E-state index in [1.54, 1.807) is 6.08 Å². The normalized spacial score (nSPS) is 40.0. The van der Waals surface area contributed by atoms with E-state index in [1.807, 2.05) is 24.5 Å². The molecule has 1 aromatic rings. The Hall–Kier alpha value is -2.22. The van der Waals surface area contributed by atoms with Crippen LogP contribution >= 0.6 is 0 Å². The Labute approximate surface area is 161 Å². The maximum Gasteiger partial charge on any atom is 0.178 e. The first kappa shape index (κ1) is 16.9. The van der Waals surface area contributed by atoms with Crippen molar-refractivity contribution in [2.75, 3.05) is 0 Å². The fraction of sp³-hybridized carbons (Fsp3) is 0.440. The number of allylic oxidation sites excluding steroid dienone is 7. The Morgan fingerprint density at radius 3 is 2.85 bits per heavy atom. The van der Waals surface area contributed by atoms with E-state index in [4.69, 9.17) is 0 Å². The topological polar surface area (TPSA) is 30.0 Å². The van der Waals surface area contributed by atoms with Gasteiger partial charge in [-0.15, -0.1) is 0 Å². The van der Waals surface area contributed by atoms with Gasteiger partial charge < -0.3 is 0 Å². The smallest absolute Gasteiger partial charge is 0.178 e. The van der Waals surface area contributed by atoms with E-state index in [2.05, 4.69) is 43.6 Å². The lowest BCUT2D eigenvalue weighted by molar-refractivity contribution is -0.110. The summed E-state index contributed by atoms with van der Waals surface area (Å²) < 4.78 is 0. The third-order valence-corrected chi connectivity index (χ3v) is 8.08. The highest BCUT2D eigenvalue weighted by Crippen LogP contribution is 2.66. The highest BCUT2D eigenvalue weighted by Gasteiger charge is 2.57. The number of ketones is 1. The molecule has 0 amide bonds. The van der Waals surface area contributed by atoms with Crippen molar-refractivity contribution in [3.8, 4) is 0 Å². The molecule has 0 N–H and O–H groups in total. The summed E-state index contributed by atoms with van der Waals surface area (Å²) in [4.78, 5) is 16.3. The van der Waals surface area contributed by atoms with Gasteiger partial charge in [0.1, 0.15) is 0 Å². The van der Waals surface area contributed by atoms with Gasteiger partial charge in [-0.2, -0.15) is 0 Å². The fourth-order valence-corrected chi connectivity index (χ4v) is 6.75. The second-order valence-corrected chi connectivity index (χ2v) is 9.31. The molecule has 2 heteroatoms. The highest BCUT2D eigenvalue weighted by atomic mass is 16.1. The molecule has 0 radical (unpaired) electrons. The van der Waals surface area contributed by atoms with Crippen LogP contribution < -0.4 is 0 Å². The zero-order valence-corrected chi connectivity index (χ0v) is 16.2. The summed E-state index contributed by atoms with van der Waals surface area (Å²) in [6, 6.07) is 4.25. The third-order valence-electron chi connectivity index (χ3n) is 8.08. The molecule has 138 valence electrons. The lowest BCUT2D eigenvalue weighted by Gasteiger charge is -2.57. The monoisotopic (exact) mass is 357 g/mol. The number of hydrogen-bond donors (Lipinski definition) is 0. The molecule has 0 aliphatic heterocycles. The van der Waals surface area contributed by atoms with Crippen molar-refractivity contribution in [1.82, 2.24) is 4.98 Å². The van der Waals surface area contributed by atoms with Crippen LogP contribution in [0.3, 0.4) is 0 Å².